The third-order valence-corrected chi connectivity index (χ3v) is 5.30. The van der Waals surface area contributed by atoms with Crippen molar-refractivity contribution >= 4 is 23.2 Å². The fourth-order valence-corrected chi connectivity index (χ4v) is 3.53. The summed E-state index contributed by atoms with van der Waals surface area (Å²) in [7, 11) is 0. The van der Waals surface area contributed by atoms with Gasteiger partial charge in [-0.05, 0) is 56.7 Å². The van der Waals surface area contributed by atoms with Crippen LogP contribution in [-0.2, 0) is 4.79 Å². The Balaban J connectivity index is 1.49. The van der Waals surface area contributed by atoms with E-state index in [-0.39, 0.29) is 5.91 Å². The Morgan fingerprint density at radius 3 is 2.84 bits per heavy atom. The normalized spacial score (nSPS) is 18.4. The van der Waals surface area contributed by atoms with Gasteiger partial charge in [0.2, 0.25) is 5.91 Å². The van der Waals surface area contributed by atoms with Gasteiger partial charge < -0.3 is 5.32 Å². The van der Waals surface area contributed by atoms with E-state index in [1.807, 2.05) is 6.07 Å². The summed E-state index contributed by atoms with van der Waals surface area (Å²) in [6.07, 6.45) is 8.04. The largest absolute Gasteiger partial charge is 0.323 e. The smallest absolute Gasteiger partial charge is 0.238 e. The molecule has 7 heteroatoms. The number of hydrogen-bond donors (Lipinski definition) is 1. The summed E-state index contributed by atoms with van der Waals surface area (Å²) < 4.78 is 1.62. The van der Waals surface area contributed by atoms with Gasteiger partial charge in [0, 0.05) is 17.1 Å². The molecule has 0 radical (unpaired) electrons. The molecule has 2 saturated carbocycles. The molecule has 25 heavy (non-hydrogen) atoms. The molecule has 1 N–H and O–H groups in total. The Kier molecular flexibility index (Phi) is 4.48. The minimum absolute atomic E-state index is 0.0111. The van der Waals surface area contributed by atoms with Crippen molar-refractivity contribution in [2.75, 3.05) is 11.9 Å². The van der Waals surface area contributed by atoms with Gasteiger partial charge >= 0.3 is 0 Å². The zero-order valence-electron chi connectivity index (χ0n) is 14.2. The fraction of sp³-hybridized carbons (Fsp3) is 0.500. The van der Waals surface area contributed by atoms with Crippen molar-refractivity contribution in [3.8, 4) is 5.69 Å². The monoisotopic (exact) mass is 359 g/mol. The molecule has 1 heterocycles. The summed E-state index contributed by atoms with van der Waals surface area (Å²) in [5.74, 6) is 0.744. The minimum Gasteiger partial charge on any atom is -0.323 e. The van der Waals surface area contributed by atoms with E-state index in [0.29, 0.717) is 29.3 Å². The summed E-state index contributed by atoms with van der Waals surface area (Å²) in [5, 5.41) is 7.73. The van der Waals surface area contributed by atoms with Gasteiger partial charge in [0.05, 0.1) is 17.9 Å². The molecule has 0 bridgehead atoms. The molecular formula is C18H22ClN5O. The topological polar surface area (TPSA) is 63.1 Å². The molecule has 1 amide bonds. The maximum Gasteiger partial charge on any atom is 0.238 e. The van der Waals surface area contributed by atoms with Crippen LogP contribution in [0.3, 0.4) is 0 Å². The van der Waals surface area contributed by atoms with Gasteiger partial charge in [-0.25, -0.2) is 9.67 Å². The number of rotatable bonds is 7. The number of nitrogens with one attached hydrogen (secondary N) is 1. The first-order chi connectivity index (χ1) is 12.1. The molecule has 0 spiro atoms. The zero-order valence-corrected chi connectivity index (χ0v) is 15.0. The molecular weight excluding hydrogens is 338 g/mol. The van der Waals surface area contributed by atoms with E-state index in [9.17, 15) is 4.79 Å². The predicted molar refractivity (Wildman–Crippen MR) is 96.9 cm³/mol. The van der Waals surface area contributed by atoms with Crippen LogP contribution in [0.15, 0.2) is 30.9 Å². The molecule has 6 nitrogen and oxygen atoms in total. The molecule has 2 fully saturated rings. The Morgan fingerprint density at radius 1 is 1.40 bits per heavy atom. The lowest BCUT2D eigenvalue weighted by molar-refractivity contribution is -0.118. The van der Waals surface area contributed by atoms with Crippen LogP contribution < -0.4 is 5.32 Å². The quantitative estimate of drug-likeness (QED) is 0.825. The van der Waals surface area contributed by atoms with Gasteiger partial charge in [-0.1, -0.05) is 11.6 Å². The second-order valence-corrected chi connectivity index (χ2v) is 7.47. The van der Waals surface area contributed by atoms with Crippen LogP contribution in [0.1, 0.15) is 32.6 Å². The van der Waals surface area contributed by atoms with Crippen molar-refractivity contribution in [2.24, 2.45) is 5.92 Å². The van der Waals surface area contributed by atoms with Crippen LogP contribution in [0, 0.1) is 5.92 Å². The molecule has 4 rings (SSSR count). The molecule has 0 saturated heterocycles. The van der Waals surface area contributed by atoms with E-state index in [0.717, 1.165) is 11.6 Å². The first-order valence-electron chi connectivity index (χ1n) is 8.82. The van der Waals surface area contributed by atoms with Gasteiger partial charge in [-0.15, -0.1) is 0 Å². The van der Waals surface area contributed by atoms with E-state index in [1.54, 1.807) is 23.1 Å². The van der Waals surface area contributed by atoms with Crippen molar-refractivity contribution in [1.82, 2.24) is 19.7 Å². The third-order valence-electron chi connectivity index (χ3n) is 5.07. The number of carbonyl (C=O) groups excluding carboxylic acids is 1. The van der Waals surface area contributed by atoms with Crippen LogP contribution in [0.25, 0.3) is 5.69 Å². The Morgan fingerprint density at radius 2 is 2.20 bits per heavy atom. The van der Waals surface area contributed by atoms with E-state index < -0.39 is 0 Å². The zero-order chi connectivity index (χ0) is 17.4. The number of anilines is 1. The summed E-state index contributed by atoms with van der Waals surface area (Å²) in [6.45, 7) is 2.68. The van der Waals surface area contributed by atoms with Gasteiger partial charge in [0.1, 0.15) is 12.7 Å². The summed E-state index contributed by atoms with van der Waals surface area (Å²) in [6, 6.07) is 6.41. The minimum atomic E-state index is -0.0111. The summed E-state index contributed by atoms with van der Waals surface area (Å²) in [4.78, 5) is 19.0. The van der Waals surface area contributed by atoms with Gasteiger partial charge in [-0.3, -0.25) is 9.69 Å². The lowest BCUT2D eigenvalue weighted by atomic mass is 10.1. The average molecular weight is 360 g/mol. The summed E-state index contributed by atoms with van der Waals surface area (Å²) in [5.41, 5.74) is 1.40. The lowest BCUT2D eigenvalue weighted by Gasteiger charge is -2.28. The first-order valence-corrected chi connectivity index (χ1v) is 9.20. The molecule has 0 unspecified atom stereocenters. The van der Waals surface area contributed by atoms with Crippen LogP contribution in [-0.4, -0.2) is 44.2 Å². The number of benzene rings is 1. The number of hydrogen-bond acceptors (Lipinski definition) is 4. The molecule has 2 aliphatic rings. The number of carbonyl (C=O) groups is 1. The Hall–Kier alpha value is -1.92. The highest BCUT2D eigenvalue weighted by atomic mass is 35.5. The molecule has 2 aliphatic carbocycles. The van der Waals surface area contributed by atoms with Crippen molar-refractivity contribution in [1.29, 1.82) is 0 Å². The standard InChI is InChI=1S/C18H22ClN5O/c1-12(13-2-3-13)23(15-5-6-15)9-18(25)22-16-8-14(19)4-7-17(16)24-11-20-10-21-24/h4,7-8,10-13,15H,2-3,5-6,9H2,1H3,(H,22,25)/t12-/m1/s1. The first kappa shape index (κ1) is 16.5. The molecule has 1 aromatic heterocycles. The van der Waals surface area contributed by atoms with E-state index in [4.69, 9.17) is 11.6 Å². The molecule has 132 valence electrons. The van der Waals surface area contributed by atoms with Crippen molar-refractivity contribution in [3.63, 3.8) is 0 Å². The number of nitrogens with zero attached hydrogens (tertiary/aromatic N) is 4. The lowest BCUT2D eigenvalue weighted by Crippen LogP contribution is -2.42. The van der Waals surface area contributed by atoms with E-state index in [2.05, 4.69) is 27.2 Å². The average Bonchev–Trinajstić information content (AvgIpc) is 3.51. The van der Waals surface area contributed by atoms with Gasteiger partial charge in [0.25, 0.3) is 0 Å². The third kappa shape index (κ3) is 3.85. The van der Waals surface area contributed by atoms with Gasteiger partial charge in [-0.2, -0.15) is 5.10 Å². The molecule has 2 aromatic rings. The highest BCUT2D eigenvalue weighted by molar-refractivity contribution is 6.31. The molecule has 1 atom stereocenters. The maximum atomic E-state index is 12.7. The molecule has 0 aliphatic heterocycles. The van der Waals surface area contributed by atoms with Crippen LogP contribution >= 0.6 is 11.6 Å². The van der Waals surface area contributed by atoms with Crippen molar-refractivity contribution < 1.29 is 4.79 Å². The van der Waals surface area contributed by atoms with Crippen molar-refractivity contribution in [3.05, 3.63) is 35.9 Å². The van der Waals surface area contributed by atoms with E-state index in [1.165, 1.54) is 32.0 Å². The number of aromatic nitrogens is 3. The van der Waals surface area contributed by atoms with E-state index >= 15 is 0 Å². The highest BCUT2D eigenvalue weighted by Gasteiger charge is 2.39. The number of amides is 1. The van der Waals surface area contributed by atoms with Crippen LogP contribution in [0.5, 0.6) is 0 Å². The maximum absolute atomic E-state index is 12.7. The second-order valence-electron chi connectivity index (χ2n) is 7.03. The fourth-order valence-electron chi connectivity index (χ4n) is 3.36. The SMILES string of the molecule is C[C@H](C1CC1)N(CC(=O)Nc1cc(Cl)ccc1-n1cncn1)C1CC1. The van der Waals surface area contributed by atoms with Crippen molar-refractivity contribution in [2.45, 2.75) is 44.7 Å². The van der Waals surface area contributed by atoms with Gasteiger partial charge in [0.15, 0.2) is 0 Å². The van der Waals surface area contributed by atoms with Crippen LogP contribution in [0.2, 0.25) is 5.02 Å². The predicted octanol–water partition coefficient (Wildman–Crippen LogP) is 3.12. The molecule has 1 aromatic carbocycles. The summed E-state index contributed by atoms with van der Waals surface area (Å²) >= 11 is 6.12. The highest BCUT2D eigenvalue weighted by Crippen LogP contribution is 2.39. The van der Waals surface area contributed by atoms with Crippen LogP contribution in [0.4, 0.5) is 5.69 Å². The Labute approximate surface area is 152 Å². The Bertz CT molecular complexity index is 755. The second kappa shape index (κ2) is 6.77. The number of halogens is 1.